The van der Waals surface area contributed by atoms with E-state index in [0.29, 0.717) is 0 Å². The summed E-state index contributed by atoms with van der Waals surface area (Å²) < 4.78 is 2.21. The van der Waals surface area contributed by atoms with Crippen molar-refractivity contribution in [1.29, 1.82) is 0 Å². The molecule has 0 fully saturated rings. The molecule has 3 heteroatoms. The lowest BCUT2D eigenvalue weighted by molar-refractivity contribution is 0.423. The van der Waals surface area contributed by atoms with E-state index in [9.17, 15) is 0 Å². The molecule has 0 aliphatic heterocycles. The van der Waals surface area contributed by atoms with Crippen molar-refractivity contribution in [2.45, 2.75) is 53.2 Å². The molecule has 0 saturated heterocycles. The molecule has 2 rings (SSSR count). The van der Waals surface area contributed by atoms with E-state index in [2.05, 4.69) is 73.8 Å². The van der Waals surface area contributed by atoms with E-state index in [1.165, 1.54) is 16.8 Å². The number of rotatable bonds is 4. The van der Waals surface area contributed by atoms with Gasteiger partial charge in [-0.3, -0.25) is 0 Å². The first-order chi connectivity index (χ1) is 9.37. The fourth-order valence-electron chi connectivity index (χ4n) is 2.13. The van der Waals surface area contributed by atoms with Crippen molar-refractivity contribution in [3.05, 3.63) is 53.1 Å². The molecule has 1 heterocycles. The van der Waals surface area contributed by atoms with Crippen LogP contribution in [-0.4, -0.2) is 15.1 Å². The van der Waals surface area contributed by atoms with Gasteiger partial charge in [0.1, 0.15) is 0 Å². The van der Waals surface area contributed by atoms with Crippen LogP contribution in [0.1, 0.15) is 43.3 Å². The van der Waals surface area contributed by atoms with Gasteiger partial charge in [0.15, 0.2) is 0 Å². The number of aromatic nitrogens is 2. The van der Waals surface area contributed by atoms with E-state index in [1.54, 1.807) is 0 Å². The van der Waals surface area contributed by atoms with E-state index in [-0.39, 0.29) is 5.54 Å². The Labute approximate surface area is 122 Å². The predicted octanol–water partition coefficient (Wildman–Crippen LogP) is 3.44. The van der Waals surface area contributed by atoms with Gasteiger partial charge < -0.3 is 9.88 Å². The topological polar surface area (TPSA) is 29.9 Å². The number of hydrogen-bond acceptors (Lipinski definition) is 2. The smallest absolute Gasteiger partial charge is 0.0954 e. The van der Waals surface area contributed by atoms with E-state index >= 15 is 0 Å². The second kappa shape index (κ2) is 5.80. The van der Waals surface area contributed by atoms with Gasteiger partial charge in [-0.2, -0.15) is 0 Å². The number of hydrogen-bond donors (Lipinski definition) is 1. The molecule has 1 aromatic heterocycles. The molecule has 3 nitrogen and oxygen atoms in total. The van der Waals surface area contributed by atoms with Crippen LogP contribution in [0.3, 0.4) is 0 Å². The summed E-state index contributed by atoms with van der Waals surface area (Å²) in [5.74, 6) is 0. The van der Waals surface area contributed by atoms with Gasteiger partial charge >= 0.3 is 0 Å². The normalized spacial score (nSPS) is 11.8. The van der Waals surface area contributed by atoms with Crippen LogP contribution >= 0.6 is 0 Å². The lowest BCUT2D eigenvalue weighted by atomic mass is 10.0. The highest BCUT2D eigenvalue weighted by Gasteiger charge is 2.11. The Bertz CT molecular complexity index is 576. The van der Waals surface area contributed by atoms with Crippen LogP contribution in [0.4, 0.5) is 0 Å². The van der Waals surface area contributed by atoms with E-state index in [0.717, 1.165) is 18.8 Å². The highest BCUT2D eigenvalue weighted by molar-refractivity contribution is 5.28. The van der Waals surface area contributed by atoms with Crippen LogP contribution < -0.4 is 5.32 Å². The summed E-state index contributed by atoms with van der Waals surface area (Å²) in [5.41, 5.74) is 5.19. The van der Waals surface area contributed by atoms with Gasteiger partial charge in [0.25, 0.3) is 0 Å². The maximum absolute atomic E-state index is 4.37. The third-order valence-corrected chi connectivity index (χ3v) is 3.61. The van der Waals surface area contributed by atoms with Crippen molar-refractivity contribution in [1.82, 2.24) is 14.9 Å². The number of imidazole rings is 1. The van der Waals surface area contributed by atoms with Crippen LogP contribution in [0, 0.1) is 13.8 Å². The van der Waals surface area contributed by atoms with Gasteiger partial charge in [0.05, 0.1) is 12.0 Å². The predicted molar refractivity (Wildman–Crippen MR) is 83.8 cm³/mol. The van der Waals surface area contributed by atoms with Gasteiger partial charge in [0, 0.05) is 24.3 Å². The number of benzene rings is 1. The molecule has 0 unspecified atom stereocenters. The Kier molecular flexibility index (Phi) is 4.29. The highest BCUT2D eigenvalue weighted by atomic mass is 15.0. The molecule has 1 aromatic carbocycles. The molecule has 108 valence electrons. The SMILES string of the molecule is Cc1ncn(Cc2ccccc2CNC(C)(C)C)c1C. The molecule has 0 spiro atoms. The van der Waals surface area contributed by atoms with Crippen LogP contribution in [-0.2, 0) is 13.1 Å². The molecule has 0 bridgehead atoms. The fraction of sp³-hybridized carbons (Fsp3) is 0.471. The van der Waals surface area contributed by atoms with Crippen molar-refractivity contribution in [2.24, 2.45) is 0 Å². The van der Waals surface area contributed by atoms with Gasteiger partial charge in [-0.25, -0.2) is 4.98 Å². The Hall–Kier alpha value is -1.61. The number of nitrogens with one attached hydrogen (secondary N) is 1. The molecule has 2 aromatic rings. The monoisotopic (exact) mass is 271 g/mol. The molecular formula is C17H25N3. The molecular weight excluding hydrogens is 246 g/mol. The molecule has 0 aliphatic rings. The summed E-state index contributed by atoms with van der Waals surface area (Å²) >= 11 is 0. The van der Waals surface area contributed by atoms with Crippen molar-refractivity contribution in [2.75, 3.05) is 0 Å². The fourth-order valence-corrected chi connectivity index (χ4v) is 2.13. The molecule has 20 heavy (non-hydrogen) atoms. The van der Waals surface area contributed by atoms with E-state index < -0.39 is 0 Å². The number of nitrogens with zero attached hydrogens (tertiary/aromatic N) is 2. The first kappa shape index (κ1) is 14.8. The summed E-state index contributed by atoms with van der Waals surface area (Å²) in [5, 5.41) is 3.56. The molecule has 0 saturated carbocycles. The van der Waals surface area contributed by atoms with Crippen LogP contribution in [0.25, 0.3) is 0 Å². The third-order valence-electron chi connectivity index (χ3n) is 3.61. The average Bonchev–Trinajstić information content (AvgIpc) is 2.69. The van der Waals surface area contributed by atoms with Crippen molar-refractivity contribution in [3.63, 3.8) is 0 Å². The summed E-state index contributed by atoms with van der Waals surface area (Å²) in [6.45, 7) is 12.5. The average molecular weight is 271 g/mol. The lowest BCUT2D eigenvalue weighted by Crippen LogP contribution is -2.35. The molecule has 0 amide bonds. The second-order valence-electron chi connectivity index (χ2n) is 6.42. The van der Waals surface area contributed by atoms with Crippen LogP contribution in [0.5, 0.6) is 0 Å². The first-order valence-corrected chi connectivity index (χ1v) is 7.17. The van der Waals surface area contributed by atoms with E-state index in [4.69, 9.17) is 0 Å². The van der Waals surface area contributed by atoms with Gasteiger partial charge in [-0.1, -0.05) is 24.3 Å². The number of aryl methyl sites for hydroxylation is 1. The zero-order chi connectivity index (χ0) is 14.8. The maximum Gasteiger partial charge on any atom is 0.0954 e. The zero-order valence-corrected chi connectivity index (χ0v) is 13.2. The Morgan fingerprint density at radius 2 is 1.75 bits per heavy atom. The lowest BCUT2D eigenvalue weighted by Gasteiger charge is -2.22. The summed E-state index contributed by atoms with van der Waals surface area (Å²) in [7, 11) is 0. The van der Waals surface area contributed by atoms with Crippen LogP contribution in [0.2, 0.25) is 0 Å². The van der Waals surface area contributed by atoms with Crippen molar-refractivity contribution >= 4 is 0 Å². The minimum Gasteiger partial charge on any atom is -0.330 e. The minimum absolute atomic E-state index is 0.134. The standard InChI is InChI=1S/C17H25N3/c1-13-14(2)20(12-18-13)11-16-9-7-6-8-15(16)10-19-17(3,4)5/h6-9,12,19H,10-11H2,1-5H3. The van der Waals surface area contributed by atoms with Crippen molar-refractivity contribution < 1.29 is 0 Å². The third kappa shape index (κ3) is 3.70. The zero-order valence-electron chi connectivity index (χ0n) is 13.2. The summed E-state index contributed by atoms with van der Waals surface area (Å²) in [4.78, 5) is 4.37. The second-order valence-corrected chi connectivity index (χ2v) is 6.42. The highest BCUT2D eigenvalue weighted by Crippen LogP contribution is 2.14. The van der Waals surface area contributed by atoms with Gasteiger partial charge in [0.2, 0.25) is 0 Å². The van der Waals surface area contributed by atoms with Gasteiger partial charge in [-0.15, -0.1) is 0 Å². The largest absolute Gasteiger partial charge is 0.330 e. The Morgan fingerprint density at radius 3 is 2.30 bits per heavy atom. The minimum atomic E-state index is 0.134. The quantitative estimate of drug-likeness (QED) is 0.923. The first-order valence-electron chi connectivity index (χ1n) is 7.17. The molecule has 0 atom stereocenters. The summed E-state index contributed by atoms with van der Waals surface area (Å²) in [6, 6.07) is 8.62. The van der Waals surface area contributed by atoms with Crippen molar-refractivity contribution in [3.8, 4) is 0 Å². The maximum atomic E-state index is 4.37. The van der Waals surface area contributed by atoms with Crippen LogP contribution in [0.15, 0.2) is 30.6 Å². The molecule has 1 N–H and O–H groups in total. The Balaban J connectivity index is 2.18. The van der Waals surface area contributed by atoms with E-state index in [1.807, 2.05) is 6.33 Å². The summed E-state index contributed by atoms with van der Waals surface area (Å²) in [6.07, 6.45) is 1.93. The molecule has 0 aliphatic carbocycles. The molecule has 0 radical (unpaired) electrons. The van der Waals surface area contributed by atoms with Gasteiger partial charge in [-0.05, 0) is 45.7 Å². The Morgan fingerprint density at radius 1 is 1.10 bits per heavy atom.